The molecule has 0 bridgehead atoms. The summed E-state index contributed by atoms with van der Waals surface area (Å²) in [6, 6.07) is 10.7. The van der Waals surface area contributed by atoms with Gasteiger partial charge in [-0.05, 0) is 32.5 Å². The fourth-order valence-corrected chi connectivity index (χ4v) is 3.39. The van der Waals surface area contributed by atoms with Gasteiger partial charge in [0.1, 0.15) is 0 Å². The van der Waals surface area contributed by atoms with Gasteiger partial charge in [-0.25, -0.2) is 4.98 Å². The molecule has 1 N–H and O–H groups in total. The van der Waals surface area contributed by atoms with E-state index in [1.54, 1.807) is 17.0 Å². The van der Waals surface area contributed by atoms with Gasteiger partial charge >= 0.3 is 0 Å². The molecule has 0 atom stereocenters. The summed E-state index contributed by atoms with van der Waals surface area (Å²) in [5.74, 6) is 0.476. The van der Waals surface area contributed by atoms with Crippen molar-refractivity contribution in [3.05, 3.63) is 64.7 Å². The highest BCUT2D eigenvalue weighted by atomic mass is 16.1. The summed E-state index contributed by atoms with van der Waals surface area (Å²) in [5, 5.41) is 3.38. The number of anilines is 1. The highest BCUT2D eigenvalue weighted by Crippen LogP contribution is 2.14. The first-order valence-corrected chi connectivity index (χ1v) is 10.0. The molecule has 0 amide bonds. The molecule has 0 unspecified atom stereocenters. The monoisotopic (exact) mass is 381 g/mol. The molecule has 2 aromatic rings. The zero-order valence-electron chi connectivity index (χ0n) is 16.9. The molecule has 0 spiro atoms. The van der Waals surface area contributed by atoms with Gasteiger partial charge in [0.2, 0.25) is 0 Å². The largest absolute Gasteiger partial charge is 0.363 e. The zero-order chi connectivity index (χ0) is 19.8. The fourth-order valence-electron chi connectivity index (χ4n) is 3.39. The van der Waals surface area contributed by atoms with Crippen LogP contribution in [0, 0.1) is 0 Å². The molecular weight excluding hydrogens is 350 g/mol. The maximum atomic E-state index is 12.6. The highest BCUT2D eigenvalue weighted by Gasteiger charge is 2.19. The van der Waals surface area contributed by atoms with Crippen molar-refractivity contribution in [3.8, 4) is 0 Å². The summed E-state index contributed by atoms with van der Waals surface area (Å²) in [4.78, 5) is 21.4. The number of hydrogen-bond donors (Lipinski definition) is 1. The van der Waals surface area contributed by atoms with Crippen LogP contribution in [0.4, 0.5) is 5.82 Å². The van der Waals surface area contributed by atoms with Gasteiger partial charge in [0.25, 0.3) is 5.56 Å². The van der Waals surface area contributed by atoms with E-state index in [1.807, 2.05) is 20.2 Å². The van der Waals surface area contributed by atoms with Crippen molar-refractivity contribution < 1.29 is 0 Å². The SMILES string of the molecule is CN(C)CCn1ccnc(NC2CCN(CC=Cc3ccccc3)CC2)c1=O. The Morgan fingerprint density at radius 1 is 1.21 bits per heavy atom. The van der Waals surface area contributed by atoms with E-state index in [2.05, 4.69) is 56.5 Å². The molecule has 6 nitrogen and oxygen atoms in total. The fraction of sp³-hybridized carbons (Fsp3) is 0.455. The first-order valence-electron chi connectivity index (χ1n) is 10.0. The Kier molecular flexibility index (Phi) is 7.39. The smallest absolute Gasteiger partial charge is 0.293 e. The second kappa shape index (κ2) is 10.2. The van der Waals surface area contributed by atoms with Crippen molar-refractivity contribution >= 4 is 11.9 Å². The van der Waals surface area contributed by atoms with Crippen molar-refractivity contribution in [1.82, 2.24) is 19.4 Å². The standard InChI is InChI=1S/C22H31N5O/c1-25(2)17-18-27-16-12-23-21(22(27)28)24-20-10-14-26(15-11-20)13-6-9-19-7-4-3-5-8-19/h3-9,12,16,20H,10-11,13-15,17-18H2,1-2H3,(H,23,24). The molecule has 0 aliphatic carbocycles. The number of rotatable bonds is 8. The van der Waals surface area contributed by atoms with Crippen molar-refractivity contribution in [1.29, 1.82) is 0 Å². The van der Waals surface area contributed by atoms with Crippen LogP contribution in [0.2, 0.25) is 0 Å². The molecule has 6 heteroatoms. The molecule has 1 saturated heterocycles. The van der Waals surface area contributed by atoms with Crippen LogP contribution in [0.5, 0.6) is 0 Å². The van der Waals surface area contributed by atoms with Crippen molar-refractivity contribution in [2.45, 2.75) is 25.4 Å². The molecule has 1 aromatic carbocycles. The van der Waals surface area contributed by atoms with Gasteiger partial charge in [-0.1, -0.05) is 42.5 Å². The molecule has 1 aliphatic heterocycles. The number of aromatic nitrogens is 2. The van der Waals surface area contributed by atoms with Crippen LogP contribution in [0.25, 0.3) is 6.08 Å². The number of piperidine rings is 1. The summed E-state index contributed by atoms with van der Waals surface area (Å²) in [6.07, 6.45) is 9.92. The minimum Gasteiger partial charge on any atom is -0.363 e. The number of hydrogen-bond acceptors (Lipinski definition) is 5. The lowest BCUT2D eigenvalue weighted by Gasteiger charge is -2.31. The molecule has 1 fully saturated rings. The van der Waals surface area contributed by atoms with Crippen LogP contribution in [-0.2, 0) is 6.54 Å². The molecule has 150 valence electrons. The van der Waals surface area contributed by atoms with Gasteiger partial charge in [-0.15, -0.1) is 0 Å². The number of nitrogens with zero attached hydrogens (tertiary/aromatic N) is 4. The Hall–Kier alpha value is -2.44. The molecule has 28 heavy (non-hydrogen) atoms. The molecule has 1 aromatic heterocycles. The summed E-state index contributed by atoms with van der Waals surface area (Å²) in [5.41, 5.74) is 1.21. The lowest BCUT2D eigenvalue weighted by Crippen LogP contribution is -2.40. The van der Waals surface area contributed by atoms with E-state index in [1.165, 1.54) is 5.56 Å². The number of likely N-dealkylation sites (N-methyl/N-ethyl adjacent to an activating group) is 1. The summed E-state index contributed by atoms with van der Waals surface area (Å²) >= 11 is 0. The van der Waals surface area contributed by atoms with E-state index in [0.29, 0.717) is 18.4 Å². The normalized spacial score (nSPS) is 16.1. The van der Waals surface area contributed by atoms with E-state index in [-0.39, 0.29) is 5.56 Å². The molecule has 1 aliphatic rings. The molecule has 0 saturated carbocycles. The van der Waals surface area contributed by atoms with Gasteiger partial charge in [0.15, 0.2) is 5.82 Å². The minimum atomic E-state index is -0.0300. The Balaban J connectivity index is 1.47. The Morgan fingerprint density at radius 3 is 2.68 bits per heavy atom. The van der Waals surface area contributed by atoms with Crippen molar-refractivity contribution in [2.75, 3.05) is 45.6 Å². The number of benzene rings is 1. The van der Waals surface area contributed by atoms with Crippen LogP contribution in [0.1, 0.15) is 18.4 Å². The quantitative estimate of drug-likeness (QED) is 0.761. The van der Waals surface area contributed by atoms with E-state index >= 15 is 0 Å². The average Bonchev–Trinajstić information content (AvgIpc) is 2.71. The maximum absolute atomic E-state index is 12.6. The third kappa shape index (κ3) is 6.04. The Labute approximate surface area is 167 Å². The zero-order valence-corrected chi connectivity index (χ0v) is 16.9. The van der Waals surface area contributed by atoms with Crippen molar-refractivity contribution in [3.63, 3.8) is 0 Å². The molecule has 3 rings (SSSR count). The average molecular weight is 382 g/mol. The van der Waals surface area contributed by atoms with E-state index in [4.69, 9.17) is 0 Å². The van der Waals surface area contributed by atoms with E-state index in [9.17, 15) is 4.79 Å². The number of likely N-dealkylation sites (tertiary alicyclic amines) is 1. The van der Waals surface area contributed by atoms with Gasteiger partial charge in [-0.2, -0.15) is 0 Å². The van der Waals surface area contributed by atoms with Crippen LogP contribution >= 0.6 is 0 Å². The molecule has 0 radical (unpaired) electrons. The van der Waals surface area contributed by atoms with E-state index in [0.717, 1.165) is 39.0 Å². The summed E-state index contributed by atoms with van der Waals surface area (Å²) in [7, 11) is 4.02. The van der Waals surface area contributed by atoms with Crippen LogP contribution in [0.15, 0.2) is 53.6 Å². The second-order valence-electron chi connectivity index (χ2n) is 7.61. The lowest BCUT2D eigenvalue weighted by molar-refractivity contribution is 0.240. The summed E-state index contributed by atoms with van der Waals surface area (Å²) in [6.45, 7) is 4.52. The predicted octanol–water partition coefficient (Wildman–Crippen LogP) is 2.39. The maximum Gasteiger partial charge on any atom is 0.293 e. The molecular formula is C22H31N5O. The van der Waals surface area contributed by atoms with Crippen LogP contribution in [0.3, 0.4) is 0 Å². The van der Waals surface area contributed by atoms with E-state index < -0.39 is 0 Å². The molecule has 2 heterocycles. The van der Waals surface area contributed by atoms with Gasteiger partial charge in [0.05, 0.1) is 0 Å². The Morgan fingerprint density at radius 2 is 1.96 bits per heavy atom. The van der Waals surface area contributed by atoms with Gasteiger partial charge in [0, 0.05) is 51.2 Å². The minimum absolute atomic E-state index is 0.0300. The second-order valence-corrected chi connectivity index (χ2v) is 7.61. The third-order valence-electron chi connectivity index (χ3n) is 5.10. The predicted molar refractivity (Wildman–Crippen MR) is 116 cm³/mol. The topological polar surface area (TPSA) is 53.4 Å². The highest BCUT2D eigenvalue weighted by molar-refractivity contribution is 5.48. The third-order valence-corrected chi connectivity index (χ3v) is 5.10. The van der Waals surface area contributed by atoms with Gasteiger partial charge < -0.3 is 14.8 Å². The van der Waals surface area contributed by atoms with Crippen LogP contribution < -0.4 is 10.9 Å². The summed E-state index contributed by atoms with van der Waals surface area (Å²) < 4.78 is 1.73. The first kappa shape index (κ1) is 20.3. The van der Waals surface area contributed by atoms with Gasteiger partial charge in [-0.3, -0.25) is 9.69 Å². The first-order chi connectivity index (χ1) is 13.6. The lowest BCUT2D eigenvalue weighted by atomic mass is 10.1. The van der Waals surface area contributed by atoms with Crippen molar-refractivity contribution in [2.24, 2.45) is 0 Å². The van der Waals surface area contributed by atoms with Crippen LogP contribution in [-0.4, -0.2) is 65.7 Å². The number of nitrogens with one attached hydrogen (secondary N) is 1. The Bertz CT molecular complexity index is 807.